The molecular formula is C27H23N3O2. The van der Waals surface area contributed by atoms with Gasteiger partial charge in [-0.1, -0.05) is 60.7 Å². The van der Waals surface area contributed by atoms with Gasteiger partial charge < -0.3 is 10.4 Å². The Morgan fingerprint density at radius 1 is 0.812 bits per heavy atom. The van der Waals surface area contributed by atoms with Crippen molar-refractivity contribution in [2.45, 2.75) is 6.92 Å². The number of phenols is 1. The van der Waals surface area contributed by atoms with E-state index in [0.29, 0.717) is 5.69 Å². The maximum atomic E-state index is 12.9. The van der Waals surface area contributed by atoms with Crippen LogP contribution in [0.2, 0.25) is 0 Å². The van der Waals surface area contributed by atoms with Crippen molar-refractivity contribution in [1.29, 1.82) is 0 Å². The first kappa shape index (κ1) is 20.9. The topological polar surface area (TPSA) is 64.9 Å². The minimum absolute atomic E-state index is 0.0659. The molecule has 1 amide bonds. The summed E-state index contributed by atoms with van der Waals surface area (Å²) in [6.45, 7) is 2.03. The van der Waals surface area contributed by atoms with Crippen molar-refractivity contribution in [3.8, 4) is 5.75 Å². The monoisotopic (exact) mass is 421 g/mol. The van der Waals surface area contributed by atoms with Gasteiger partial charge >= 0.3 is 0 Å². The van der Waals surface area contributed by atoms with Gasteiger partial charge in [0.2, 0.25) is 0 Å². The highest BCUT2D eigenvalue weighted by Gasteiger charge is 2.17. The van der Waals surface area contributed by atoms with Crippen LogP contribution in [0.15, 0.2) is 108 Å². The van der Waals surface area contributed by atoms with E-state index in [0.717, 1.165) is 22.6 Å². The fourth-order valence-electron chi connectivity index (χ4n) is 3.37. The first-order valence-electron chi connectivity index (χ1n) is 10.3. The zero-order valence-corrected chi connectivity index (χ0v) is 17.6. The lowest BCUT2D eigenvalue weighted by atomic mass is 10.1. The summed E-state index contributed by atoms with van der Waals surface area (Å²) in [6.07, 6.45) is 1.75. The number of hydrogen-bond donors (Lipinski definition) is 2. The molecule has 0 atom stereocenters. The molecule has 32 heavy (non-hydrogen) atoms. The maximum absolute atomic E-state index is 12.9. The lowest BCUT2D eigenvalue weighted by Crippen LogP contribution is -2.19. The fourth-order valence-corrected chi connectivity index (χ4v) is 3.37. The van der Waals surface area contributed by atoms with Gasteiger partial charge in [0.1, 0.15) is 12.1 Å². The molecule has 158 valence electrons. The highest BCUT2D eigenvalue weighted by atomic mass is 16.3. The first-order valence-corrected chi connectivity index (χ1v) is 10.3. The Morgan fingerprint density at radius 3 is 2.19 bits per heavy atom. The lowest BCUT2D eigenvalue weighted by Gasteiger charge is -2.24. The van der Waals surface area contributed by atoms with Gasteiger partial charge in [-0.3, -0.25) is 9.69 Å². The Kier molecular flexibility index (Phi) is 6.28. The predicted molar refractivity (Wildman–Crippen MR) is 130 cm³/mol. The second-order valence-electron chi connectivity index (χ2n) is 7.23. The van der Waals surface area contributed by atoms with E-state index >= 15 is 0 Å². The van der Waals surface area contributed by atoms with E-state index in [2.05, 4.69) is 10.3 Å². The normalized spacial score (nSPS) is 10.8. The van der Waals surface area contributed by atoms with Crippen LogP contribution >= 0.6 is 0 Å². The largest absolute Gasteiger partial charge is 0.507 e. The third-order valence-electron chi connectivity index (χ3n) is 5.01. The van der Waals surface area contributed by atoms with Gasteiger partial charge in [-0.05, 0) is 55.0 Å². The minimum atomic E-state index is -0.389. The molecule has 0 aliphatic carbocycles. The zero-order valence-electron chi connectivity index (χ0n) is 17.6. The van der Waals surface area contributed by atoms with Crippen molar-refractivity contribution < 1.29 is 9.90 Å². The third kappa shape index (κ3) is 4.68. The van der Waals surface area contributed by atoms with E-state index in [4.69, 9.17) is 0 Å². The number of amides is 1. The number of benzene rings is 4. The van der Waals surface area contributed by atoms with Gasteiger partial charge in [-0.15, -0.1) is 0 Å². The molecule has 0 saturated carbocycles. The fraction of sp³-hybridized carbons (Fsp3) is 0.0370. The minimum Gasteiger partial charge on any atom is -0.507 e. The van der Waals surface area contributed by atoms with Gasteiger partial charge in [0.15, 0.2) is 0 Å². The number of aliphatic imine (C=N–C) groups is 1. The van der Waals surface area contributed by atoms with Crippen LogP contribution in [0.25, 0.3) is 0 Å². The Bertz CT molecular complexity index is 1250. The van der Waals surface area contributed by atoms with Crippen LogP contribution in [0.3, 0.4) is 0 Å². The molecule has 0 bridgehead atoms. The smallest absolute Gasteiger partial charge is 0.259 e. The summed E-state index contributed by atoms with van der Waals surface area (Å²) in [7, 11) is 0. The second kappa shape index (κ2) is 9.62. The molecule has 4 aromatic carbocycles. The molecule has 2 N–H and O–H groups in total. The van der Waals surface area contributed by atoms with Crippen LogP contribution in [0.1, 0.15) is 15.9 Å². The van der Waals surface area contributed by atoms with Crippen molar-refractivity contribution in [3.63, 3.8) is 0 Å². The number of carbonyl (C=O) groups excluding carboxylic acids is 1. The van der Waals surface area contributed by atoms with Crippen LogP contribution in [-0.2, 0) is 0 Å². The summed E-state index contributed by atoms with van der Waals surface area (Å²) in [5.74, 6) is -0.454. The second-order valence-corrected chi connectivity index (χ2v) is 7.23. The van der Waals surface area contributed by atoms with E-state index in [1.54, 1.807) is 24.5 Å². The standard InChI is InChI=1S/C27H23N3O2/c1-20-11-5-8-16-24(20)30(19-28-21-12-3-2-4-13-21)25-17-9-7-15-23(25)29-27(32)22-14-6-10-18-26(22)31/h2-19,31H,1H3,(H,29,32). The predicted octanol–water partition coefficient (Wildman–Crippen LogP) is 6.45. The summed E-state index contributed by atoms with van der Waals surface area (Å²) in [4.78, 5) is 19.5. The number of carbonyl (C=O) groups is 1. The Morgan fingerprint density at radius 2 is 1.44 bits per heavy atom. The Balaban J connectivity index is 1.75. The molecule has 0 aliphatic heterocycles. The molecule has 4 aromatic rings. The van der Waals surface area contributed by atoms with Crippen molar-refractivity contribution in [3.05, 3.63) is 114 Å². The van der Waals surface area contributed by atoms with Crippen molar-refractivity contribution >= 4 is 35.0 Å². The molecule has 0 aliphatic rings. The van der Waals surface area contributed by atoms with Gasteiger partial charge in [0.05, 0.1) is 28.3 Å². The SMILES string of the molecule is Cc1ccccc1N(C=Nc1ccccc1)c1ccccc1NC(=O)c1ccccc1O. The maximum Gasteiger partial charge on any atom is 0.259 e. The number of hydrogen-bond acceptors (Lipinski definition) is 3. The van der Waals surface area contributed by atoms with E-state index < -0.39 is 0 Å². The molecule has 5 nitrogen and oxygen atoms in total. The molecule has 5 heteroatoms. The van der Waals surface area contributed by atoms with Crippen LogP contribution < -0.4 is 10.2 Å². The number of nitrogens with one attached hydrogen (secondary N) is 1. The van der Waals surface area contributed by atoms with Crippen LogP contribution in [0.5, 0.6) is 5.75 Å². The Hall–Kier alpha value is -4.38. The van der Waals surface area contributed by atoms with Crippen LogP contribution in [0, 0.1) is 6.92 Å². The summed E-state index contributed by atoms with van der Waals surface area (Å²) >= 11 is 0. The molecule has 0 fully saturated rings. The van der Waals surface area contributed by atoms with Gasteiger partial charge in [0, 0.05) is 0 Å². The number of nitrogens with zero attached hydrogens (tertiary/aromatic N) is 2. The highest BCUT2D eigenvalue weighted by molar-refractivity contribution is 6.09. The van der Waals surface area contributed by atoms with Gasteiger partial charge in [-0.2, -0.15) is 0 Å². The van der Waals surface area contributed by atoms with Crippen LogP contribution in [0.4, 0.5) is 22.7 Å². The molecule has 0 radical (unpaired) electrons. The summed E-state index contributed by atoms with van der Waals surface area (Å²) in [6, 6.07) is 31.7. The summed E-state index contributed by atoms with van der Waals surface area (Å²) in [5, 5.41) is 13.0. The molecule has 4 rings (SSSR count). The number of aromatic hydroxyl groups is 1. The highest BCUT2D eigenvalue weighted by Crippen LogP contribution is 2.34. The lowest BCUT2D eigenvalue weighted by molar-refractivity contribution is 0.102. The molecule has 0 aromatic heterocycles. The van der Waals surface area contributed by atoms with E-state index in [1.165, 1.54) is 6.07 Å². The molecule has 0 saturated heterocycles. The molecular weight excluding hydrogens is 398 g/mol. The summed E-state index contributed by atoms with van der Waals surface area (Å²) < 4.78 is 0. The molecule has 0 unspecified atom stereocenters. The van der Waals surface area contributed by atoms with Crippen molar-refractivity contribution in [2.75, 3.05) is 10.2 Å². The quantitative estimate of drug-likeness (QED) is 0.278. The molecule has 0 spiro atoms. The summed E-state index contributed by atoms with van der Waals surface area (Å²) in [5.41, 5.74) is 4.39. The van der Waals surface area contributed by atoms with Crippen LogP contribution in [-0.4, -0.2) is 17.4 Å². The van der Waals surface area contributed by atoms with Crippen molar-refractivity contribution in [2.24, 2.45) is 4.99 Å². The van der Waals surface area contributed by atoms with E-state index in [-0.39, 0.29) is 17.2 Å². The average Bonchev–Trinajstić information content (AvgIpc) is 2.82. The molecule has 0 heterocycles. The average molecular weight is 422 g/mol. The van der Waals surface area contributed by atoms with Gasteiger partial charge in [-0.25, -0.2) is 4.99 Å². The van der Waals surface area contributed by atoms with Crippen molar-refractivity contribution in [1.82, 2.24) is 0 Å². The zero-order chi connectivity index (χ0) is 22.3. The van der Waals surface area contributed by atoms with E-state index in [9.17, 15) is 9.90 Å². The van der Waals surface area contributed by atoms with E-state index in [1.807, 2.05) is 90.7 Å². The number of aryl methyl sites for hydroxylation is 1. The Labute approximate surface area is 187 Å². The third-order valence-corrected chi connectivity index (χ3v) is 5.01. The van der Waals surface area contributed by atoms with Gasteiger partial charge in [0.25, 0.3) is 5.91 Å². The number of rotatable bonds is 6. The number of anilines is 3. The first-order chi connectivity index (χ1) is 15.6. The number of phenolic OH excluding ortho intramolecular Hbond substituents is 1. The number of para-hydroxylation sites is 5.